The van der Waals surface area contributed by atoms with Gasteiger partial charge < -0.3 is 5.32 Å². The number of hydrogen-bond acceptors (Lipinski definition) is 3. The Bertz CT molecular complexity index is 478. The number of nitrogens with zero attached hydrogens (tertiary/aromatic N) is 1. The van der Waals surface area contributed by atoms with Crippen LogP contribution in [0.15, 0.2) is 27.7 Å². The molecule has 1 aliphatic rings. The largest absolute Gasteiger partial charge is 0.334 e. The average molecular weight is 348 g/mol. The summed E-state index contributed by atoms with van der Waals surface area (Å²) in [4.78, 5) is 4.80. The zero-order chi connectivity index (χ0) is 13.2. The zero-order valence-electron chi connectivity index (χ0n) is 10.5. The van der Waals surface area contributed by atoms with E-state index < -0.39 is 0 Å². The van der Waals surface area contributed by atoms with Gasteiger partial charge in [-0.25, -0.2) is 0 Å². The van der Waals surface area contributed by atoms with Gasteiger partial charge in [0.05, 0.1) is 20.7 Å². The highest BCUT2D eigenvalue weighted by Crippen LogP contribution is 2.33. The first-order valence-electron chi connectivity index (χ1n) is 5.98. The number of thioether (sulfide) groups is 1. The van der Waals surface area contributed by atoms with Crippen LogP contribution in [0.2, 0.25) is 5.02 Å². The van der Waals surface area contributed by atoms with E-state index in [1.165, 1.54) is 0 Å². The fourth-order valence-electron chi connectivity index (χ4n) is 1.74. The van der Waals surface area contributed by atoms with Crippen LogP contribution in [0.5, 0.6) is 0 Å². The molecule has 18 heavy (non-hydrogen) atoms. The Morgan fingerprint density at radius 2 is 2.33 bits per heavy atom. The van der Waals surface area contributed by atoms with Gasteiger partial charge in [0, 0.05) is 5.75 Å². The topological polar surface area (TPSA) is 24.4 Å². The van der Waals surface area contributed by atoms with Crippen LogP contribution < -0.4 is 5.32 Å². The van der Waals surface area contributed by atoms with Crippen molar-refractivity contribution in [2.45, 2.75) is 32.2 Å². The summed E-state index contributed by atoms with van der Waals surface area (Å²) in [6.07, 6.45) is 2.20. The van der Waals surface area contributed by atoms with Crippen LogP contribution in [0.25, 0.3) is 0 Å². The molecule has 5 heteroatoms. The molecule has 98 valence electrons. The second-order valence-electron chi connectivity index (χ2n) is 4.59. The summed E-state index contributed by atoms with van der Waals surface area (Å²) in [6.45, 7) is 4.40. The molecule has 0 bridgehead atoms. The van der Waals surface area contributed by atoms with E-state index in [1.54, 1.807) is 11.8 Å². The van der Waals surface area contributed by atoms with Crippen molar-refractivity contribution < 1.29 is 0 Å². The molecule has 0 spiro atoms. The lowest BCUT2D eigenvalue weighted by molar-refractivity contribution is 0.443. The minimum absolute atomic E-state index is 0.0681. The van der Waals surface area contributed by atoms with E-state index in [-0.39, 0.29) is 5.54 Å². The average Bonchev–Trinajstić information content (AvgIpc) is 2.35. The molecule has 0 radical (unpaired) electrons. The number of aliphatic imine (C=N–C) groups is 1. The maximum Gasteiger partial charge on any atom is 0.161 e. The Labute approximate surface area is 126 Å². The first-order chi connectivity index (χ1) is 8.54. The fraction of sp³-hybridized carbons (Fsp3) is 0.462. The molecule has 2 nitrogen and oxygen atoms in total. The molecule has 0 aromatic heterocycles. The number of benzene rings is 1. The summed E-state index contributed by atoms with van der Waals surface area (Å²) in [5.74, 6) is 1.11. The molecular formula is C13H16BrClN2S. The van der Waals surface area contributed by atoms with Crippen LogP contribution in [-0.2, 0) is 0 Å². The first kappa shape index (κ1) is 14.2. The lowest BCUT2D eigenvalue weighted by Crippen LogP contribution is -2.29. The molecule has 0 fully saturated rings. The van der Waals surface area contributed by atoms with Crippen LogP contribution in [0, 0.1) is 0 Å². The molecule has 1 aromatic carbocycles. The Morgan fingerprint density at radius 1 is 1.56 bits per heavy atom. The Hall–Kier alpha value is -0.190. The summed E-state index contributed by atoms with van der Waals surface area (Å²) < 4.78 is 0.888. The van der Waals surface area contributed by atoms with Crippen molar-refractivity contribution in [3.63, 3.8) is 0 Å². The van der Waals surface area contributed by atoms with E-state index in [0.717, 1.165) is 33.9 Å². The van der Waals surface area contributed by atoms with E-state index in [2.05, 4.69) is 35.1 Å². The molecule has 0 amide bonds. The van der Waals surface area contributed by atoms with Crippen molar-refractivity contribution >= 4 is 50.1 Å². The lowest BCUT2D eigenvalue weighted by atomic mass is 9.97. The van der Waals surface area contributed by atoms with E-state index in [0.29, 0.717) is 5.02 Å². The van der Waals surface area contributed by atoms with Gasteiger partial charge in [0.15, 0.2) is 5.17 Å². The number of amidine groups is 1. The number of rotatable bonds is 2. The number of hydrogen-bond donors (Lipinski definition) is 1. The summed E-state index contributed by atoms with van der Waals surface area (Å²) >= 11 is 11.3. The highest BCUT2D eigenvalue weighted by molar-refractivity contribution is 9.10. The SMILES string of the molecule is CCC1(C)CCSC(Nc2cccc(Cl)c2Br)=N1. The van der Waals surface area contributed by atoms with Crippen molar-refractivity contribution in [3.8, 4) is 0 Å². The van der Waals surface area contributed by atoms with Gasteiger partial charge in [0.2, 0.25) is 0 Å². The Morgan fingerprint density at radius 3 is 3.06 bits per heavy atom. The predicted molar refractivity (Wildman–Crippen MR) is 86.0 cm³/mol. The molecule has 1 aromatic rings. The maximum atomic E-state index is 6.08. The number of anilines is 1. The lowest BCUT2D eigenvalue weighted by Gasteiger charge is -2.29. The molecule has 0 saturated heterocycles. The van der Waals surface area contributed by atoms with Crippen molar-refractivity contribution in [1.29, 1.82) is 0 Å². The van der Waals surface area contributed by atoms with Gasteiger partial charge in [-0.1, -0.05) is 36.4 Å². The second kappa shape index (κ2) is 5.85. The summed E-state index contributed by atoms with van der Waals surface area (Å²) in [6, 6.07) is 5.79. The third-order valence-corrected chi connectivity index (χ3v) is 5.48. The molecular weight excluding hydrogens is 332 g/mol. The van der Waals surface area contributed by atoms with Crippen molar-refractivity contribution in [2.75, 3.05) is 11.1 Å². The van der Waals surface area contributed by atoms with Crippen LogP contribution in [-0.4, -0.2) is 16.5 Å². The molecule has 1 atom stereocenters. The van der Waals surface area contributed by atoms with Crippen molar-refractivity contribution in [2.24, 2.45) is 4.99 Å². The van der Waals surface area contributed by atoms with Crippen LogP contribution in [0.3, 0.4) is 0 Å². The minimum Gasteiger partial charge on any atom is -0.334 e. The maximum absolute atomic E-state index is 6.08. The molecule has 1 aliphatic heterocycles. The van der Waals surface area contributed by atoms with Gasteiger partial charge >= 0.3 is 0 Å². The Kier molecular flexibility index (Phi) is 4.62. The minimum atomic E-state index is 0.0681. The predicted octanol–water partition coefficient (Wildman–Crippen LogP) is 5.18. The molecule has 0 aliphatic carbocycles. The van der Waals surface area contributed by atoms with E-state index >= 15 is 0 Å². The standard InChI is InChI=1S/C13H16BrClN2S/c1-3-13(2)7-8-18-12(17-13)16-10-6-4-5-9(15)11(10)14/h4-6H,3,7-8H2,1-2H3,(H,16,17). The summed E-state index contributed by atoms with van der Waals surface area (Å²) in [7, 11) is 0. The zero-order valence-corrected chi connectivity index (χ0v) is 13.6. The molecule has 1 N–H and O–H groups in total. The van der Waals surface area contributed by atoms with E-state index in [1.807, 2.05) is 18.2 Å². The fourth-order valence-corrected chi connectivity index (χ4v) is 3.48. The summed E-state index contributed by atoms with van der Waals surface area (Å²) in [5.41, 5.74) is 1.03. The third-order valence-electron chi connectivity index (χ3n) is 3.21. The van der Waals surface area contributed by atoms with Gasteiger partial charge in [0.25, 0.3) is 0 Å². The molecule has 0 saturated carbocycles. The third kappa shape index (κ3) is 3.22. The first-order valence-corrected chi connectivity index (χ1v) is 8.13. The second-order valence-corrected chi connectivity index (χ2v) is 6.88. The van der Waals surface area contributed by atoms with E-state index in [4.69, 9.17) is 16.6 Å². The normalized spacial score (nSPS) is 23.7. The van der Waals surface area contributed by atoms with Crippen molar-refractivity contribution in [3.05, 3.63) is 27.7 Å². The van der Waals surface area contributed by atoms with Crippen LogP contribution in [0.4, 0.5) is 5.69 Å². The number of nitrogens with one attached hydrogen (secondary N) is 1. The van der Waals surface area contributed by atoms with Gasteiger partial charge in [0.1, 0.15) is 0 Å². The van der Waals surface area contributed by atoms with Gasteiger partial charge in [-0.3, -0.25) is 4.99 Å². The Balaban J connectivity index is 2.21. The van der Waals surface area contributed by atoms with Gasteiger partial charge in [-0.05, 0) is 47.8 Å². The highest BCUT2D eigenvalue weighted by Gasteiger charge is 2.26. The van der Waals surface area contributed by atoms with Crippen molar-refractivity contribution in [1.82, 2.24) is 0 Å². The van der Waals surface area contributed by atoms with E-state index in [9.17, 15) is 0 Å². The highest BCUT2D eigenvalue weighted by atomic mass is 79.9. The van der Waals surface area contributed by atoms with Gasteiger partial charge in [-0.15, -0.1) is 0 Å². The quantitative estimate of drug-likeness (QED) is 0.797. The number of halogens is 2. The monoisotopic (exact) mass is 346 g/mol. The van der Waals surface area contributed by atoms with Crippen LogP contribution >= 0.6 is 39.3 Å². The summed E-state index contributed by atoms with van der Waals surface area (Å²) in [5, 5.41) is 5.05. The smallest absolute Gasteiger partial charge is 0.161 e. The van der Waals surface area contributed by atoms with Gasteiger partial charge in [-0.2, -0.15) is 0 Å². The van der Waals surface area contributed by atoms with Crippen LogP contribution in [0.1, 0.15) is 26.7 Å². The molecule has 1 heterocycles. The molecule has 2 rings (SSSR count). The molecule has 1 unspecified atom stereocenters.